The Kier molecular flexibility index (Phi) is 8.45. The van der Waals surface area contributed by atoms with Crippen LogP contribution in [0, 0.1) is 0 Å². The number of hydrogen-bond acceptors (Lipinski definition) is 4. The van der Waals surface area contributed by atoms with Crippen LogP contribution >= 0.6 is 0 Å². The predicted octanol–water partition coefficient (Wildman–Crippen LogP) is 7.31. The molecular weight excluding hydrogens is 657 g/mol. The van der Waals surface area contributed by atoms with E-state index in [2.05, 4.69) is 126 Å². The minimum atomic E-state index is -3.67. The van der Waals surface area contributed by atoms with E-state index in [-0.39, 0.29) is 0 Å². The molecule has 8 aromatic rings. The van der Waals surface area contributed by atoms with E-state index < -0.39 is 13.3 Å². The summed E-state index contributed by atoms with van der Waals surface area (Å²) in [5.74, 6) is 1.92. The summed E-state index contributed by atoms with van der Waals surface area (Å²) < 4.78 is 5.25. The van der Waals surface area contributed by atoms with Crippen LogP contribution in [0.25, 0.3) is 45.3 Å². The average molecular weight is 689 g/mol. The fourth-order valence-electron chi connectivity index (χ4n) is 6.69. The van der Waals surface area contributed by atoms with Crippen molar-refractivity contribution in [2.45, 2.75) is 0 Å². The molecule has 0 aliphatic heterocycles. The first-order valence-corrected chi connectivity index (χ1v) is 20.6. The van der Waals surface area contributed by atoms with Crippen LogP contribution in [0.5, 0.6) is 0 Å². The summed E-state index contributed by atoms with van der Waals surface area (Å²) in [6.45, 7) is 0. The molecule has 232 valence electrons. The summed E-state index contributed by atoms with van der Waals surface area (Å²) in [7, 11) is 0. The average Bonchev–Trinajstić information content (AvgIpc) is 3.20. The van der Waals surface area contributed by atoms with Gasteiger partial charge in [-0.3, -0.25) is 0 Å². The van der Waals surface area contributed by atoms with Crippen molar-refractivity contribution >= 4 is 30.8 Å². The summed E-state index contributed by atoms with van der Waals surface area (Å²) in [5, 5.41) is 0. The van der Waals surface area contributed by atoms with Gasteiger partial charge in [-0.2, -0.15) is 0 Å². The zero-order chi connectivity index (χ0) is 32.9. The molecule has 2 aromatic heterocycles. The number of pyridine rings is 1. The van der Waals surface area contributed by atoms with Crippen molar-refractivity contribution in [2.24, 2.45) is 0 Å². The van der Waals surface area contributed by atoms with Crippen LogP contribution in [-0.2, 0) is 0 Å². The molecular formula is C44H32GeN4. The molecule has 0 amide bonds. The number of rotatable bonds is 8. The minimum absolute atomic E-state index is 0.638. The molecule has 0 saturated carbocycles. The van der Waals surface area contributed by atoms with Crippen LogP contribution in [0.3, 0.4) is 0 Å². The van der Waals surface area contributed by atoms with Crippen LogP contribution in [-0.4, -0.2) is 33.2 Å². The van der Waals surface area contributed by atoms with Crippen molar-refractivity contribution in [1.29, 1.82) is 0 Å². The zero-order valence-corrected chi connectivity index (χ0v) is 28.9. The molecule has 2 heterocycles. The van der Waals surface area contributed by atoms with Crippen molar-refractivity contribution < 1.29 is 0 Å². The molecule has 0 aliphatic rings. The van der Waals surface area contributed by atoms with E-state index in [0.717, 1.165) is 27.8 Å². The van der Waals surface area contributed by atoms with Crippen molar-refractivity contribution in [1.82, 2.24) is 19.9 Å². The van der Waals surface area contributed by atoms with Crippen LogP contribution in [0.4, 0.5) is 0 Å². The fraction of sp³-hybridized carbons (Fsp3) is 0. The zero-order valence-electron chi connectivity index (χ0n) is 26.8. The molecule has 0 unspecified atom stereocenters. The summed E-state index contributed by atoms with van der Waals surface area (Å²) in [5.41, 5.74) is 5.09. The molecule has 0 fully saturated rings. The molecule has 0 atom stereocenters. The van der Waals surface area contributed by atoms with Gasteiger partial charge in [0, 0.05) is 0 Å². The van der Waals surface area contributed by atoms with E-state index in [1.54, 1.807) is 0 Å². The van der Waals surface area contributed by atoms with Crippen molar-refractivity contribution in [2.75, 3.05) is 0 Å². The Morgan fingerprint density at radius 2 is 0.653 bits per heavy atom. The molecule has 5 heteroatoms. The Hall–Kier alpha value is -5.98. The van der Waals surface area contributed by atoms with E-state index in [1.165, 1.54) is 17.6 Å². The summed E-state index contributed by atoms with van der Waals surface area (Å²) in [4.78, 5) is 19.8. The molecule has 0 bridgehead atoms. The predicted molar refractivity (Wildman–Crippen MR) is 203 cm³/mol. The second-order valence-electron chi connectivity index (χ2n) is 11.9. The molecule has 0 spiro atoms. The normalized spacial score (nSPS) is 11.3. The van der Waals surface area contributed by atoms with Gasteiger partial charge < -0.3 is 0 Å². The standard InChI is InChI=1S/C44H32GeN4/c1-6-16-33(17-7-1)36-30-37(44-48-42(34-18-8-2-9-19-34)47-43(49-44)35-20-10-3-11-21-35)32-41(31-36)45(38-22-12-4-13-23-38,39-24-14-5-15-25-39)40-26-28-46-29-27-40/h1-32H. The van der Waals surface area contributed by atoms with Gasteiger partial charge in [-0.25, -0.2) is 0 Å². The second kappa shape index (κ2) is 13.6. The van der Waals surface area contributed by atoms with Gasteiger partial charge >= 0.3 is 290 Å². The Morgan fingerprint density at radius 1 is 0.286 bits per heavy atom. The van der Waals surface area contributed by atoms with E-state index in [0.29, 0.717) is 17.5 Å². The third-order valence-corrected chi connectivity index (χ3v) is 18.9. The number of nitrogens with zero attached hydrogens (tertiary/aromatic N) is 4. The summed E-state index contributed by atoms with van der Waals surface area (Å²) in [6.07, 6.45) is 3.85. The van der Waals surface area contributed by atoms with Crippen LogP contribution in [0.1, 0.15) is 0 Å². The van der Waals surface area contributed by atoms with Crippen LogP contribution in [0.2, 0.25) is 0 Å². The molecule has 4 nitrogen and oxygen atoms in total. The van der Waals surface area contributed by atoms with Gasteiger partial charge in [-0.05, 0) is 0 Å². The first-order chi connectivity index (χ1) is 24.3. The third kappa shape index (κ3) is 5.99. The molecule has 0 aliphatic carbocycles. The van der Waals surface area contributed by atoms with Gasteiger partial charge in [-0.1, -0.05) is 0 Å². The Bertz CT molecular complexity index is 2150. The van der Waals surface area contributed by atoms with E-state index in [9.17, 15) is 0 Å². The molecule has 49 heavy (non-hydrogen) atoms. The first-order valence-electron chi connectivity index (χ1n) is 16.4. The number of benzene rings is 6. The third-order valence-electron chi connectivity index (χ3n) is 8.96. The molecule has 0 radical (unpaired) electrons. The topological polar surface area (TPSA) is 51.6 Å². The van der Waals surface area contributed by atoms with E-state index in [4.69, 9.17) is 15.0 Å². The van der Waals surface area contributed by atoms with Crippen molar-refractivity contribution in [3.8, 4) is 45.3 Å². The van der Waals surface area contributed by atoms with E-state index >= 15 is 0 Å². The van der Waals surface area contributed by atoms with Gasteiger partial charge in [0.15, 0.2) is 0 Å². The summed E-state index contributed by atoms with van der Waals surface area (Å²) >= 11 is -3.67. The maximum atomic E-state index is 5.16. The van der Waals surface area contributed by atoms with Gasteiger partial charge in [0.1, 0.15) is 0 Å². The molecule has 8 rings (SSSR count). The first kappa shape index (κ1) is 30.4. The number of hydrogen-bond donors (Lipinski definition) is 0. The maximum absolute atomic E-state index is 5.16. The Labute approximate surface area is 289 Å². The van der Waals surface area contributed by atoms with Crippen molar-refractivity contribution in [3.05, 3.63) is 194 Å². The van der Waals surface area contributed by atoms with E-state index in [1.807, 2.05) is 73.1 Å². The second-order valence-corrected chi connectivity index (χ2v) is 19.9. The SMILES string of the molecule is c1ccc(-c2cc(-c3nc(-c4ccccc4)nc(-c4ccccc4)n3)c[c]([Ge]([c]3ccccc3)([c]3ccccc3)[c]3ccncc3)c2)cc1. The molecule has 0 saturated heterocycles. The molecule has 6 aromatic carbocycles. The Morgan fingerprint density at radius 3 is 1.12 bits per heavy atom. The molecule has 0 N–H and O–H groups in total. The Balaban J connectivity index is 1.47. The monoisotopic (exact) mass is 690 g/mol. The van der Waals surface area contributed by atoms with Gasteiger partial charge in [-0.15, -0.1) is 0 Å². The van der Waals surface area contributed by atoms with Gasteiger partial charge in [0.05, 0.1) is 0 Å². The van der Waals surface area contributed by atoms with Crippen LogP contribution < -0.4 is 17.6 Å². The summed E-state index contributed by atoms with van der Waals surface area (Å²) in [6, 6.07) is 64.3. The quantitative estimate of drug-likeness (QED) is 0.157. The number of aromatic nitrogens is 4. The van der Waals surface area contributed by atoms with Gasteiger partial charge in [0.25, 0.3) is 0 Å². The fourth-order valence-corrected chi connectivity index (χ4v) is 16.7. The van der Waals surface area contributed by atoms with Gasteiger partial charge in [0.2, 0.25) is 0 Å². The van der Waals surface area contributed by atoms with Crippen LogP contribution in [0.15, 0.2) is 194 Å². The van der Waals surface area contributed by atoms with Crippen molar-refractivity contribution in [3.63, 3.8) is 0 Å².